The Morgan fingerprint density at radius 1 is 0.957 bits per heavy atom. The summed E-state index contributed by atoms with van der Waals surface area (Å²) < 4.78 is 5.62. The Morgan fingerprint density at radius 3 is 2.43 bits per heavy atom. The number of nitrogens with one attached hydrogen (secondary N) is 1. The predicted molar refractivity (Wildman–Crippen MR) is 95.8 cm³/mol. The average Bonchev–Trinajstić information content (AvgIpc) is 2.60. The van der Waals surface area contributed by atoms with E-state index in [0.29, 0.717) is 0 Å². The molecule has 0 saturated carbocycles. The van der Waals surface area contributed by atoms with Crippen molar-refractivity contribution in [3.05, 3.63) is 70.8 Å². The van der Waals surface area contributed by atoms with Gasteiger partial charge in [0.2, 0.25) is 0 Å². The van der Waals surface area contributed by atoms with Crippen molar-refractivity contribution in [2.45, 2.75) is 38.6 Å². The highest BCUT2D eigenvalue weighted by molar-refractivity contribution is 5.33. The third-order valence-electron chi connectivity index (χ3n) is 5.33. The van der Waals surface area contributed by atoms with Gasteiger partial charge in [-0.2, -0.15) is 0 Å². The summed E-state index contributed by atoms with van der Waals surface area (Å²) in [6, 6.07) is 17.5. The van der Waals surface area contributed by atoms with Crippen molar-refractivity contribution >= 4 is 0 Å². The minimum Gasteiger partial charge on any atom is -0.381 e. The first-order chi connectivity index (χ1) is 11.2. The second kappa shape index (κ2) is 7.29. The van der Waals surface area contributed by atoms with Gasteiger partial charge in [-0.15, -0.1) is 0 Å². The molecular formula is C21H27NO. The van der Waals surface area contributed by atoms with Crippen LogP contribution >= 0.6 is 0 Å². The molecule has 23 heavy (non-hydrogen) atoms. The Balaban J connectivity index is 1.71. The summed E-state index contributed by atoms with van der Waals surface area (Å²) in [6.07, 6.45) is 2.19. The Bertz CT molecular complexity index is 630. The lowest BCUT2D eigenvalue weighted by molar-refractivity contribution is 0.0498. The number of ether oxygens (including phenoxy) is 1. The molecule has 2 heteroatoms. The molecule has 0 aliphatic carbocycles. The number of rotatable bonds is 5. The zero-order valence-electron chi connectivity index (χ0n) is 14.3. The Morgan fingerprint density at radius 2 is 1.70 bits per heavy atom. The van der Waals surface area contributed by atoms with Crippen LogP contribution in [0.15, 0.2) is 48.5 Å². The first kappa shape index (κ1) is 16.2. The quantitative estimate of drug-likeness (QED) is 0.896. The highest BCUT2D eigenvalue weighted by Gasteiger charge is 2.33. The smallest absolute Gasteiger partial charge is 0.0475 e. The zero-order chi connectivity index (χ0) is 16.1. The number of aryl methyl sites for hydroxylation is 1. The summed E-state index contributed by atoms with van der Waals surface area (Å²) in [5.74, 6) is 0. The minimum atomic E-state index is 0.206. The van der Waals surface area contributed by atoms with Crippen molar-refractivity contribution in [3.8, 4) is 0 Å². The molecule has 2 aromatic carbocycles. The molecule has 2 nitrogen and oxygen atoms in total. The summed E-state index contributed by atoms with van der Waals surface area (Å²) in [5, 5.41) is 3.72. The van der Waals surface area contributed by atoms with Gasteiger partial charge in [-0.05, 0) is 48.9 Å². The van der Waals surface area contributed by atoms with Gasteiger partial charge in [0.25, 0.3) is 0 Å². The zero-order valence-corrected chi connectivity index (χ0v) is 14.3. The van der Waals surface area contributed by atoms with Crippen molar-refractivity contribution in [1.82, 2.24) is 5.32 Å². The topological polar surface area (TPSA) is 21.3 Å². The first-order valence-corrected chi connectivity index (χ1v) is 8.60. The lowest BCUT2D eigenvalue weighted by atomic mass is 9.74. The van der Waals surface area contributed by atoms with Crippen LogP contribution in [0.2, 0.25) is 0 Å². The second-order valence-corrected chi connectivity index (χ2v) is 6.72. The van der Waals surface area contributed by atoms with Gasteiger partial charge in [-0.3, -0.25) is 0 Å². The fourth-order valence-corrected chi connectivity index (χ4v) is 3.56. The predicted octanol–water partition coefficient (Wildman–Crippen LogP) is 4.14. The van der Waals surface area contributed by atoms with Crippen molar-refractivity contribution in [3.63, 3.8) is 0 Å². The van der Waals surface area contributed by atoms with Crippen LogP contribution in [0.4, 0.5) is 0 Å². The molecule has 0 amide bonds. The van der Waals surface area contributed by atoms with Gasteiger partial charge in [0, 0.05) is 31.7 Å². The van der Waals surface area contributed by atoms with Gasteiger partial charge >= 0.3 is 0 Å². The van der Waals surface area contributed by atoms with E-state index in [1.54, 1.807) is 0 Å². The molecular weight excluding hydrogens is 282 g/mol. The third kappa shape index (κ3) is 3.65. The van der Waals surface area contributed by atoms with Gasteiger partial charge in [-0.25, -0.2) is 0 Å². The summed E-state index contributed by atoms with van der Waals surface area (Å²) >= 11 is 0. The highest BCUT2D eigenvalue weighted by Crippen LogP contribution is 2.34. The molecule has 3 rings (SSSR count). The highest BCUT2D eigenvalue weighted by atomic mass is 16.5. The maximum atomic E-state index is 5.62. The van der Waals surface area contributed by atoms with Crippen LogP contribution in [-0.4, -0.2) is 19.8 Å². The van der Waals surface area contributed by atoms with E-state index in [1.807, 2.05) is 0 Å². The second-order valence-electron chi connectivity index (χ2n) is 6.72. The fourth-order valence-electron chi connectivity index (χ4n) is 3.56. The molecule has 0 atom stereocenters. The van der Waals surface area contributed by atoms with E-state index in [2.05, 4.69) is 67.7 Å². The van der Waals surface area contributed by atoms with E-state index in [1.165, 1.54) is 22.3 Å². The monoisotopic (exact) mass is 309 g/mol. The molecule has 1 fully saturated rings. The van der Waals surface area contributed by atoms with Gasteiger partial charge in [0.05, 0.1) is 0 Å². The molecule has 0 radical (unpaired) electrons. The van der Waals surface area contributed by atoms with Gasteiger partial charge in [0.15, 0.2) is 0 Å². The molecule has 1 aliphatic rings. The maximum Gasteiger partial charge on any atom is 0.0475 e. The van der Waals surface area contributed by atoms with E-state index in [4.69, 9.17) is 4.74 Å². The number of hydrogen-bond donors (Lipinski definition) is 1. The molecule has 0 spiro atoms. The van der Waals surface area contributed by atoms with Crippen LogP contribution in [-0.2, 0) is 16.7 Å². The molecule has 2 aromatic rings. The maximum absolute atomic E-state index is 5.62. The van der Waals surface area contributed by atoms with E-state index in [9.17, 15) is 0 Å². The Labute approximate surface area is 139 Å². The lowest BCUT2D eigenvalue weighted by Gasteiger charge is -2.38. The largest absolute Gasteiger partial charge is 0.381 e. The van der Waals surface area contributed by atoms with E-state index >= 15 is 0 Å². The molecule has 1 heterocycles. The van der Waals surface area contributed by atoms with Crippen LogP contribution in [0, 0.1) is 13.8 Å². The molecule has 0 aromatic heterocycles. The summed E-state index contributed by atoms with van der Waals surface area (Å²) in [4.78, 5) is 0. The molecule has 1 aliphatic heterocycles. The summed E-state index contributed by atoms with van der Waals surface area (Å²) in [6.45, 7) is 8.06. The number of hydrogen-bond acceptors (Lipinski definition) is 2. The van der Waals surface area contributed by atoms with Crippen molar-refractivity contribution in [2.24, 2.45) is 0 Å². The van der Waals surface area contributed by atoms with Crippen LogP contribution < -0.4 is 5.32 Å². The first-order valence-electron chi connectivity index (χ1n) is 8.60. The Kier molecular flexibility index (Phi) is 5.14. The van der Waals surface area contributed by atoms with Crippen molar-refractivity contribution < 1.29 is 4.74 Å². The molecule has 122 valence electrons. The molecule has 0 bridgehead atoms. The average molecular weight is 309 g/mol. The standard InChI is InChI=1S/C21H27NO/c1-17-7-6-8-19(18(17)2)15-22-16-21(11-13-23-14-12-21)20-9-4-3-5-10-20/h3-10,22H,11-16H2,1-2H3. The summed E-state index contributed by atoms with van der Waals surface area (Å²) in [5.41, 5.74) is 5.82. The lowest BCUT2D eigenvalue weighted by Crippen LogP contribution is -2.42. The van der Waals surface area contributed by atoms with Crippen molar-refractivity contribution in [1.29, 1.82) is 0 Å². The molecule has 1 saturated heterocycles. The van der Waals surface area contributed by atoms with Gasteiger partial charge in [-0.1, -0.05) is 48.5 Å². The molecule has 0 unspecified atom stereocenters. The van der Waals surface area contributed by atoms with Crippen LogP contribution in [0.25, 0.3) is 0 Å². The van der Waals surface area contributed by atoms with Crippen LogP contribution in [0.1, 0.15) is 35.1 Å². The SMILES string of the molecule is Cc1cccc(CNCC2(c3ccccc3)CCOCC2)c1C. The van der Waals surface area contributed by atoms with Crippen LogP contribution in [0.5, 0.6) is 0 Å². The third-order valence-corrected chi connectivity index (χ3v) is 5.33. The van der Waals surface area contributed by atoms with Gasteiger partial charge in [0.1, 0.15) is 0 Å². The minimum absolute atomic E-state index is 0.206. The molecule has 1 N–H and O–H groups in total. The Hall–Kier alpha value is -1.64. The fraction of sp³-hybridized carbons (Fsp3) is 0.429. The van der Waals surface area contributed by atoms with Gasteiger partial charge < -0.3 is 10.1 Å². The van der Waals surface area contributed by atoms with E-state index in [0.717, 1.165) is 39.1 Å². The van der Waals surface area contributed by atoms with Crippen molar-refractivity contribution in [2.75, 3.05) is 19.8 Å². The van der Waals surface area contributed by atoms with E-state index in [-0.39, 0.29) is 5.41 Å². The van der Waals surface area contributed by atoms with Crippen LogP contribution in [0.3, 0.4) is 0 Å². The van der Waals surface area contributed by atoms with E-state index < -0.39 is 0 Å². The normalized spacial score (nSPS) is 17.1. The summed E-state index contributed by atoms with van der Waals surface area (Å²) in [7, 11) is 0. The number of benzene rings is 2.